The number of hydrogen-bond acceptors (Lipinski definition) is 4. The van der Waals surface area contributed by atoms with Crippen LogP contribution in [0.2, 0.25) is 0 Å². The molecule has 0 amide bonds. The fourth-order valence-electron chi connectivity index (χ4n) is 1.43. The van der Waals surface area contributed by atoms with Crippen LogP contribution in [0.4, 0.5) is 4.39 Å². The van der Waals surface area contributed by atoms with E-state index in [1.165, 1.54) is 32.4 Å². The first kappa shape index (κ1) is 13.2. The Morgan fingerprint density at radius 3 is 2.18 bits per heavy atom. The fourth-order valence-corrected chi connectivity index (χ4v) is 1.43. The molecule has 1 rings (SSSR count). The Bertz CT molecular complexity index is 401. The van der Waals surface area contributed by atoms with E-state index >= 15 is 0 Å². The predicted octanol–water partition coefficient (Wildman–Crippen LogP) is 1.33. The van der Waals surface area contributed by atoms with Crippen molar-refractivity contribution < 1.29 is 23.5 Å². The fraction of sp³-hybridized carbons (Fsp3) is 0.333. The van der Waals surface area contributed by atoms with E-state index in [1.54, 1.807) is 6.07 Å². The number of methoxy groups -OCH3 is 2. The van der Waals surface area contributed by atoms with Gasteiger partial charge in [-0.1, -0.05) is 18.2 Å². The van der Waals surface area contributed by atoms with E-state index < -0.39 is 23.7 Å². The van der Waals surface area contributed by atoms with Crippen LogP contribution in [0.5, 0.6) is 0 Å². The van der Waals surface area contributed by atoms with E-state index in [2.05, 4.69) is 9.47 Å². The van der Waals surface area contributed by atoms with Crippen molar-refractivity contribution in [3.63, 3.8) is 0 Å². The number of halogens is 1. The van der Waals surface area contributed by atoms with Crippen molar-refractivity contribution in [2.75, 3.05) is 14.2 Å². The Labute approximate surface area is 98.3 Å². The summed E-state index contributed by atoms with van der Waals surface area (Å²) in [6.45, 7) is 0. The van der Waals surface area contributed by atoms with Gasteiger partial charge in [0.25, 0.3) is 0 Å². The van der Waals surface area contributed by atoms with Crippen LogP contribution in [-0.2, 0) is 25.5 Å². The van der Waals surface area contributed by atoms with Crippen LogP contribution >= 0.6 is 0 Å². The van der Waals surface area contributed by atoms with E-state index in [0.29, 0.717) is 0 Å². The average Bonchev–Trinajstić information content (AvgIpc) is 2.36. The normalized spacial score (nSPS) is 10.1. The van der Waals surface area contributed by atoms with Gasteiger partial charge in [0.1, 0.15) is 5.82 Å². The maximum absolute atomic E-state index is 13.4. The highest BCUT2D eigenvalue weighted by Crippen LogP contribution is 2.15. The molecule has 92 valence electrons. The summed E-state index contributed by atoms with van der Waals surface area (Å²) in [7, 11) is 2.33. The van der Waals surface area contributed by atoms with Gasteiger partial charge in [-0.3, -0.25) is 9.59 Å². The van der Waals surface area contributed by atoms with Gasteiger partial charge in [-0.25, -0.2) is 4.39 Å². The van der Waals surface area contributed by atoms with Crippen LogP contribution in [0.1, 0.15) is 5.56 Å². The minimum absolute atomic E-state index is 0.0774. The SMILES string of the molecule is COC(=O)C(Cc1ccccc1F)C(=O)OC. The molecule has 0 unspecified atom stereocenters. The van der Waals surface area contributed by atoms with Gasteiger partial charge in [0, 0.05) is 0 Å². The summed E-state index contributed by atoms with van der Waals surface area (Å²) in [5.74, 6) is -3.08. The smallest absolute Gasteiger partial charge is 0.320 e. The molecule has 0 aliphatic carbocycles. The van der Waals surface area contributed by atoms with Gasteiger partial charge in [0.2, 0.25) is 0 Å². The molecular weight excluding hydrogens is 227 g/mol. The highest BCUT2D eigenvalue weighted by Gasteiger charge is 2.29. The molecule has 5 heteroatoms. The second kappa shape index (κ2) is 5.98. The molecule has 0 aliphatic rings. The van der Waals surface area contributed by atoms with Crippen molar-refractivity contribution >= 4 is 11.9 Å². The molecule has 1 aromatic rings. The summed E-state index contributed by atoms with van der Waals surface area (Å²) in [6.07, 6.45) is -0.0774. The molecule has 0 bridgehead atoms. The molecule has 4 nitrogen and oxygen atoms in total. The van der Waals surface area contributed by atoms with E-state index in [0.717, 1.165) is 0 Å². The summed E-state index contributed by atoms with van der Waals surface area (Å²) < 4.78 is 22.4. The third kappa shape index (κ3) is 3.27. The zero-order valence-electron chi connectivity index (χ0n) is 9.60. The predicted molar refractivity (Wildman–Crippen MR) is 57.6 cm³/mol. The molecule has 0 heterocycles. The lowest BCUT2D eigenvalue weighted by molar-refractivity contribution is -0.158. The van der Waals surface area contributed by atoms with Crippen molar-refractivity contribution in [1.29, 1.82) is 0 Å². The zero-order chi connectivity index (χ0) is 12.8. The van der Waals surface area contributed by atoms with Gasteiger partial charge in [-0.2, -0.15) is 0 Å². The molecule has 0 aliphatic heterocycles. The molecule has 0 spiro atoms. The van der Waals surface area contributed by atoms with Gasteiger partial charge >= 0.3 is 11.9 Å². The van der Waals surface area contributed by atoms with E-state index in [4.69, 9.17) is 0 Å². The Morgan fingerprint density at radius 1 is 1.18 bits per heavy atom. The van der Waals surface area contributed by atoms with E-state index in [-0.39, 0.29) is 12.0 Å². The quantitative estimate of drug-likeness (QED) is 0.588. The van der Waals surface area contributed by atoms with Crippen LogP contribution in [0.3, 0.4) is 0 Å². The van der Waals surface area contributed by atoms with Crippen molar-refractivity contribution in [2.45, 2.75) is 6.42 Å². The summed E-state index contributed by atoms with van der Waals surface area (Å²) >= 11 is 0. The molecule has 0 saturated heterocycles. The maximum Gasteiger partial charge on any atom is 0.320 e. The Hall–Kier alpha value is -1.91. The van der Waals surface area contributed by atoms with Gasteiger partial charge in [0.15, 0.2) is 5.92 Å². The van der Waals surface area contributed by atoms with Crippen LogP contribution in [0.15, 0.2) is 24.3 Å². The summed E-state index contributed by atoms with van der Waals surface area (Å²) in [4.78, 5) is 22.8. The van der Waals surface area contributed by atoms with Gasteiger partial charge in [0.05, 0.1) is 14.2 Å². The standard InChI is InChI=1S/C12H13FO4/c1-16-11(14)9(12(15)17-2)7-8-5-3-4-6-10(8)13/h3-6,9H,7H2,1-2H3. The number of ether oxygens (including phenoxy) is 2. The first-order valence-electron chi connectivity index (χ1n) is 4.99. The molecule has 0 saturated carbocycles. The number of carbonyl (C=O) groups excluding carboxylic acids is 2. The first-order valence-corrected chi connectivity index (χ1v) is 4.99. The maximum atomic E-state index is 13.4. The third-order valence-corrected chi connectivity index (χ3v) is 2.35. The average molecular weight is 240 g/mol. The van der Waals surface area contributed by atoms with Crippen LogP contribution in [0, 0.1) is 11.7 Å². The highest BCUT2D eigenvalue weighted by atomic mass is 19.1. The Kier molecular flexibility index (Phi) is 4.63. The topological polar surface area (TPSA) is 52.6 Å². The molecule has 0 radical (unpaired) electrons. The zero-order valence-corrected chi connectivity index (χ0v) is 9.60. The van der Waals surface area contributed by atoms with Crippen molar-refractivity contribution in [3.8, 4) is 0 Å². The monoisotopic (exact) mass is 240 g/mol. The lowest BCUT2D eigenvalue weighted by atomic mass is 9.99. The largest absolute Gasteiger partial charge is 0.468 e. The van der Waals surface area contributed by atoms with Gasteiger partial charge in [-0.15, -0.1) is 0 Å². The second-order valence-electron chi connectivity index (χ2n) is 3.39. The minimum atomic E-state index is -1.14. The van der Waals surface area contributed by atoms with Crippen molar-refractivity contribution in [1.82, 2.24) is 0 Å². The summed E-state index contributed by atoms with van der Waals surface area (Å²) in [6, 6.07) is 5.93. The molecule has 1 aromatic carbocycles. The first-order chi connectivity index (χ1) is 8.10. The van der Waals surface area contributed by atoms with Crippen LogP contribution < -0.4 is 0 Å². The van der Waals surface area contributed by atoms with Crippen LogP contribution in [-0.4, -0.2) is 26.2 Å². The molecular formula is C12H13FO4. The summed E-state index contributed by atoms with van der Waals surface area (Å²) in [5.41, 5.74) is 0.272. The lowest BCUT2D eigenvalue weighted by Crippen LogP contribution is -2.28. The Morgan fingerprint density at radius 2 is 1.71 bits per heavy atom. The van der Waals surface area contributed by atoms with Crippen LogP contribution in [0.25, 0.3) is 0 Å². The van der Waals surface area contributed by atoms with Crippen molar-refractivity contribution in [3.05, 3.63) is 35.6 Å². The number of carbonyl (C=O) groups is 2. The third-order valence-electron chi connectivity index (χ3n) is 2.35. The molecule has 17 heavy (non-hydrogen) atoms. The minimum Gasteiger partial charge on any atom is -0.468 e. The Balaban J connectivity index is 2.91. The van der Waals surface area contributed by atoms with E-state index in [1.807, 2.05) is 0 Å². The van der Waals surface area contributed by atoms with Gasteiger partial charge < -0.3 is 9.47 Å². The number of benzene rings is 1. The number of rotatable bonds is 4. The van der Waals surface area contributed by atoms with Crippen molar-refractivity contribution in [2.24, 2.45) is 5.92 Å². The number of esters is 2. The second-order valence-corrected chi connectivity index (χ2v) is 3.39. The van der Waals surface area contributed by atoms with E-state index in [9.17, 15) is 14.0 Å². The summed E-state index contributed by atoms with van der Waals surface area (Å²) in [5, 5.41) is 0. The lowest BCUT2D eigenvalue weighted by Gasteiger charge is -2.12. The highest BCUT2D eigenvalue weighted by molar-refractivity contribution is 5.95. The molecule has 0 aromatic heterocycles. The molecule has 0 N–H and O–H groups in total. The number of hydrogen-bond donors (Lipinski definition) is 0. The molecule has 0 atom stereocenters. The van der Waals surface area contributed by atoms with Gasteiger partial charge in [-0.05, 0) is 18.1 Å². The molecule has 0 fully saturated rings.